The van der Waals surface area contributed by atoms with Crippen molar-refractivity contribution in [3.8, 4) is 0 Å². The summed E-state index contributed by atoms with van der Waals surface area (Å²) in [5.41, 5.74) is 4.10. The first-order chi connectivity index (χ1) is 11.6. The quantitative estimate of drug-likeness (QED) is 0.829. The minimum Gasteiger partial charge on any atom is -0.351 e. The Morgan fingerprint density at radius 3 is 2.83 bits per heavy atom. The fourth-order valence-electron chi connectivity index (χ4n) is 2.97. The standard InChI is InChI=1S/C19H24N4O/c1-22(2)12-5-11-20-19(24)17-9-8-16(14-21-17)23-13-10-15-6-3-4-7-18(15)23/h3-4,6-9,14H,5,10-13H2,1-2H3,(H,20,24). The molecule has 0 bridgehead atoms. The number of nitrogens with zero attached hydrogens (tertiary/aromatic N) is 3. The lowest BCUT2D eigenvalue weighted by Gasteiger charge is -2.19. The third kappa shape index (κ3) is 3.74. The molecular formula is C19H24N4O. The van der Waals surface area contributed by atoms with Gasteiger partial charge in [-0.3, -0.25) is 4.79 Å². The van der Waals surface area contributed by atoms with Gasteiger partial charge in [0.15, 0.2) is 0 Å². The molecule has 2 heterocycles. The molecule has 0 fully saturated rings. The second-order valence-corrected chi connectivity index (χ2v) is 6.34. The van der Waals surface area contributed by atoms with E-state index < -0.39 is 0 Å². The van der Waals surface area contributed by atoms with Gasteiger partial charge in [-0.25, -0.2) is 4.98 Å². The summed E-state index contributed by atoms with van der Waals surface area (Å²) in [7, 11) is 4.05. The average molecular weight is 324 g/mol. The van der Waals surface area contributed by atoms with Crippen molar-refractivity contribution in [2.75, 3.05) is 38.6 Å². The normalized spacial score (nSPS) is 13.2. The maximum atomic E-state index is 12.1. The third-order valence-corrected chi connectivity index (χ3v) is 4.25. The summed E-state index contributed by atoms with van der Waals surface area (Å²) < 4.78 is 0. The Hall–Kier alpha value is -2.40. The highest BCUT2D eigenvalue weighted by molar-refractivity contribution is 5.92. The molecule has 5 heteroatoms. The van der Waals surface area contributed by atoms with Crippen LogP contribution in [0.3, 0.4) is 0 Å². The molecule has 0 aliphatic carbocycles. The molecule has 1 amide bonds. The number of carbonyl (C=O) groups is 1. The average Bonchev–Trinajstić information content (AvgIpc) is 3.02. The number of fused-ring (bicyclic) bond motifs is 1. The van der Waals surface area contributed by atoms with Gasteiger partial charge < -0.3 is 15.1 Å². The van der Waals surface area contributed by atoms with Crippen LogP contribution in [0.15, 0.2) is 42.6 Å². The van der Waals surface area contributed by atoms with E-state index in [0.29, 0.717) is 12.2 Å². The highest BCUT2D eigenvalue weighted by atomic mass is 16.1. The molecule has 1 aromatic heterocycles. The third-order valence-electron chi connectivity index (χ3n) is 4.25. The summed E-state index contributed by atoms with van der Waals surface area (Å²) in [6.45, 7) is 2.58. The van der Waals surface area contributed by atoms with Crippen LogP contribution < -0.4 is 10.2 Å². The van der Waals surface area contributed by atoms with Crippen LogP contribution in [-0.4, -0.2) is 49.5 Å². The molecule has 2 aromatic rings. The number of carbonyl (C=O) groups excluding carboxylic acids is 1. The highest BCUT2D eigenvalue weighted by Gasteiger charge is 2.20. The van der Waals surface area contributed by atoms with Gasteiger partial charge in [-0.1, -0.05) is 18.2 Å². The Labute approximate surface area is 143 Å². The van der Waals surface area contributed by atoms with Gasteiger partial charge in [0.05, 0.1) is 11.9 Å². The predicted octanol–water partition coefficient (Wildman–Crippen LogP) is 2.46. The van der Waals surface area contributed by atoms with E-state index in [4.69, 9.17) is 0 Å². The molecular weight excluding hydrogens is 300 g/mol. The minimum atomic E-state index is -0.109. The van der Waals surface area contributed by atoms with Crippen molar-refractivity contribution in [1.82, 2.24) is 15.2 Å². The fraction of sp³-hybridized carbons (Fsp3) is 0.368. The first kappa shape index (κ1) is 16.5. The molecule has 0 radical (unpaired) electrons. The van der Waals surface area contributed by atoms with Crippen LogP contribution in [0, 0.1) is 0 Å². The maximum absolute atomic E-state index is 12.1. The Balaban J connectivity index is 1.61. The summed E-state index contributed by atoms with van der Waals surface area (Å²) in [4.78, 5) is 20.8. The van der Waals surface area contributed by atoms with E-state index in [1.807, 2.05) is 20.2 Å². The molecule has 1 aromatic carbocycles. The molecule has 0 spiro atoms. The lowest BCUT2D eigenvalue weighted by Crippen LogP contribution is -2.27. The van der Waals surface area contributed by atoms with Crippen molar-refractivity contribution >= 4 is 17.3 Å². The van der Waals surface area contributed by atoms with Crippen LogP contribution in [-0.2, 0) is 6.42 Å². The molecule has 126 valence electrons. The van der Waals surface area contributed by atoms with Crippen molar-refractivity contribution in [1.29, 1.82) is 0 Å². The van der Waals surface area contributed by atoms with Gasteiger partial charge in [0.2, 0.25) is 0 Å². The number of hydrogen-bond acceptors (Lipinski definition) is 4. The predicted molar refractivity (Wildman–Crippen MR) is 96.9 cm³/mol. The molecule has 24 heavy (non-hydrogen) atoms. The van der Waals surface area contributed by atoms with Crippen LogP contribution in [0.2, 0.25) is 0 Å². The van der Waals surface area contributed by atoms with Crippen LogP contribution in [0.1, 0.15) is 22.5 Å². The molecule has 0 saturated heterocycles. The lowest BCUT2D eigenvalue weighted by atomic mass is 10.2. The van der Waals surface area contributed by atoms with Crippen molar-refractivity contribution in [2.45, 2.75) is 12.8 Å². The second-order valence-electron chi connectivity index (χ2n) is 6.34. The Morgan fingerprint density at radius 2 is 2.08 bits per heavy atom. The summed E-state index contributed by atoms with van der Waals surface area (Å²) in [6.07, 6.45) is 3.77. The summed E-state index contributed by atoms with van der Waals surface area (Å²) >= 11 is 0. The van der Waals surface area contributed by atoms with E-state index in [2.05, 4.69) is 44.4 Å². The first-order valence-electron chi connectivity index (χ1n) is 8.39. The van der Waals surface area contributed by atoms with E-state index in [-0.39, 0.29) is 5.91 Å². The molecule has 5 nitrogen and oxygen atoms in total. The monoisotopic (exact) mass is 324 g/mol. The largest absolute Gasteiger partial charge is 0.351 e. The molecule has 1 aliphatic heterocycles. The number of aromatic nitrogens is 1. The smallest absolute Gasteiger partial charge is 0.269 e. The van der Waals surface area contributed by atoms with Gasteiger partial charge >= 0.3 is 0 Å². The number of hydrogen-bond donors (Lipinski definition) is 1. The summed E-state index contributed by atoms with van der Waals surface area (Å²) in [6, 6.07) is 12.2. The number of amides is 1. The van der Waals surface area contributed by atoms with Crippen LogP contribution in [0.5, 0.6) is 0 Å². The van der Waals surface area contributed by atoms with Gasteiger partial charge in [-0.15, -0.1) is 0 Å². The number of benzene rings is 1. The minimum absolute atomic E-state index is 0.109. The van der Waals surface area contributed by atoms with Gasteiger partial charge in [0, 0.05) is 18.8 Å². The number of pyridine rings is 1. The molecule has 3 rings (SSSR count). The molecule has 0 unspecified atom stereocenters. The zero-order valence-corrected chi connectivity index (χ0v) is 14.3. The van der Waals surface area contributed by atoms with Gasteiger partial charge in [0.25, 0.3) is 5.91 Å². The zero-order valence-electron chi connectivity index (χ0n) is 14.3. The van der Waals surface area contributed by atoms with Gasteiger partial charge in [-0.2, -0.15) is 0 Å². The van der Waals surface area contributed by atoms with Gasteiger partial charge in [0.1, 0.15) is 5.69 Å². The Morgan fingerprint density at radius 1 is 1.25 bits per heavy atom. The number of anilines is 2. The van der Waals surface area contributed by atoms with E-state index in [0.717, 1.165) is 31.6 Å². The van der Waals surface area contributed by atoms with E-state index >= 15 is 0 Å². The maximum Gasteiger partial charge on any atom is 0.269 e. The molecule has 1 aliphatic rings. The molecule has 1 N–H and O–H groups in total. The zero-order chi connectivity index (χ0) is 16.9. The molecule has 0 atom stereocenters. The second kappa shape index (κ2) is 7.45. The topological polar surface area (TPSA) is 48.5 Å². The lowest BCUT2D eigenvalue weighted by molar-refractivity contribution is 0.0947. The molecule has 0 saturated carbocycles. The van der Waals surface area contributed by atoms with E-state index in [9.17, 15) is 4.79 Å². The van der Waals surface area contributed by atoms with Gasteiger partial charge in [-0.05, 0) is 57.2 Å². The highest BCUT2D eigenvalue weighted by Crippen LogP contribution is 2.33. The Kier molecular flexibility index (Phi) is 5.11. The van der Waals surface area contributed by atoms with Crippen molar-refractivity contribution in [3.05, 3.63) is 53.9 Å². The van der Waals surface area contributed by atoms with Crippen LogP contribution in [0.25, 0.3) is 0 Å². The summed E-state index contributed by atoms with van der Waals surface area (Å²) in [5.74, 6) is -0.109. The van der Waals surface area contributed by atoms with Crippen LogP contribution in [0.4, 0.5) is 11.4 Å². The fourth-order valence-corrected chi connectivity index (χ4v) is 2.97. The number of para-hydroxylation sites is 1. The van der Waals surface area contributed by atoms with E-state index in [1.54, 1.807) is 12.3 Å². The number of nitrogens with one attached hydrogen (secondary N) is 1. The van der Waals surface area contributed by atoms with Crippen molar-refractivity contribution in [3.63, 3.8) is 0 Å². The van der Waals surface area contributed by atoms with Crippen LogP contribution >= 0.6 is 0 Å². The van der Waals surface area contributed by atoms with E-state index in [1.165, 1.54) is 11.3 Å². The van der Waals surface area contributed by atoms with Crippen molar-refractivity contribution < 1.29 is 4.79 Å². The SMILES string of the molecule is CN(C)CCCNC(=O)c1ccc(N2CCc3ccccc32)cn1. The Bertz CT molecular complexity index is 697. The first-order valence-corrected chi connectivity index (χ1v) is 8.39. The summed E-state index contributed by atoms with van der Waals surface area (Å²) in [5, 5.41) is 2.92. The van der Waals surface area contributed by atoms with Crippen molar-refractivity contribution in [2.24, 2.45) is 0 Å². The number of rotatable bonds is 6.